The Labute approximate surface area is 108 Å². The Bertz CT molecular complexity index is 363. The van der Waals surface area contributed by atoms with Gasteiger partial charge in [0.2, 0.25) is 0 Å². The first kappa shape index (κ1) is 14.2. The molecule has 3 heteroatoms. The van der Waals surface area contributed by atoms with E-state index in [0.717, 1.165) is 12.0 Å². The van der Waals surface area contributed by atoms with Gasteiger partial charge in [-0.25, -0.2) is 0 Å². The molecule has 1 aromatic carbocycles. The Balaban J connectivity index is 2.47. The smallest absolute Gasteiger partial charge is 0.0824 e. The van der Waals surface area contributed by atoms with Gasteiger partial charge in [0.05, 0.1) is 6.10 Å². The van der Waals surface area contributed by atoms with Gasteiger partial charge < -0.3 is 10.2 Å². The zero-order chi connectivity index (χ0) is 12.7. The van der Waals surface area contributed by atoms with Crippen molar-refractivity contribution in [3.63, 3.8) is 0 Å². The summed E-state index contributed by atoms with van der Waals surface area (Å²) < 4.78 is 0. The van der Waals surface area contributed by atoms with E-state index in [1.54, 1.807) is 12.1 Å². The quantitative estimate of drug-likeness (QED) is 0.765. The molecule has 0 bridgehead atoms. The fourth-order valence-corrected chi connectivity index (χ4v) is 1.79. The lowest BCUT2D eigenvalue weighted by Crippen LogP contribution is -1.97. The molecule has 2 N–H and O–H groups in total. The molecule has 2 nitrogen and oxygen atoms in total. The van der Waals surface area contributed by atoms with Crippen LogP contribution >= 0.6 is 11.6 Å². The summed E-state index contributed by atoms with van der Waals surface area (Å²) >= 11 is 5.86. The lowest BCUT2D eigenvalue weighted by Gasteiger charge is -2.09. The first-order chi connectivity index (χ1) is 8.13. The second kappa shape index (κ2) is 7.49. The average Bonchev–Trinajstić information content (AvgIpc) is 2.29. The molecular weight excluding hydrogens is 236 g/mol. The van der Waals surface area contributed by atoms with Gasteiger partial charge in [-0.3, -0.25) is 0 Å². The van der Waals surface area contributed by atoms with E-state index >= 15 is 0 Å². The molecule has 0 aliphatic heterocycles. The normalized spacial score (nSPS) is 15.1. The number of allylic oxidation sites excluding steroid dienone is 1. The molecule has 0 spiro atoms. The van der Waals surface area contributed by atoms with E-state index in [4.69, 9.17) is 16.7 Å². The van der Waals surface area contributed by atoms with E-state index in [1.165, 1.54) is 0 Å². The second-order valence-electron chi connectivity index (χ2n) is 4.22. The average molecular weight is 255 g/mol. The van der Waals surface area contributed by atoms with Gasteiger partial charge in [0, 0.05) is 11.6 Å². The highest BCUT2D eigenvalue weighted by Gasteiger charge is 2.05. The molecule has 1 rings (SSSR count). The van der Waals surface area contributed by atoms with Crippen LogP contribution < -0.4 is 0 Å². The molecular formula is C14H19ClO2. The SMILES string of the molecule is C[C@@H](/C=C\C[C@@H](O)c1cccc(Cl)c1)CCO. The van der Waals surface area contributed by atoms with Crippen LogP contribution in [0.4, 0.5) is 0 Å². The molecule has 0 unspecified atom stereocenters. The number of hydrogen-bond donors (Lipinski definition) is 2. The fraction of sp³-hybridized carbons (Fsp3) is 0.429. The molecule has 1 aromatic rings. The number of aliphatic hydroxyl groups is 2. The fourth-order valence-electron chi connectivity index (χ4n) is 1.59. The summed E-state index contributed by atoms with van der Waals surface area (Å²) in [5, 5.41) is 19.3. The lowest BCUT2D eigenvalue weighted by atomic mass is 10.0. The minimum Gasteiger partial charge on any atom is -0.396 e. The third-order valence-electron chi connectivity index (χ3n) is 2.64. The summed E-state index contributed by atoms with van der Waals surface area (Å²) in [5.74, 6) is 0.339. The van der Waals surface area contributed by atoms with Gasteiger partial charge in [-0.05, 0) is 36.5 Å². The van der Waals surface area contributed by atoms with Gasteiger partial charge in [-0.2, -0.15) is 0 Å². The number of benzene rings is 1. The minimum absolute atomic E-state index is 0.197. The van der Waals surface area contributed by atoms with Gasteiger partial charge in [-0.15, -0.1) is 0 Å². The molecule has 0 radical (unpaired) electrons. The second-order valence-corrected chi connectivity index (χ2v) is 4.66. The first-order valence-corrected chi connectivity index (χ1v) is 6.22. The number of aliphatic hydroxyl groups excluding tert-OH is 2. The summed E-state index contributed by atoms with van der Waals surface area (Å²) in [6.07, 6.45) is 4.77. The Morgan fingerprint density at radius 3 is 2.82 bits per heavy atom. The molecule has 17 heavy (non-hydrogen) atoms. The van der Waals surface area contributed by atoms with Crippen molar-refractivity contribution in [3.8, 4) is 0 Å². The summed E-state index contributed by atoms with van der Waals surface area (Å²) in [7, 11) is 0. The van der Waals surface area contributed by atoms with Crippen molar-refractivity contribution in [1.82, 2.24) is 0 Å². The van der Waals surface area contributed by atoms with Crippen molar-refractivity contribution in [2.75, 3.05) is 6.61 Å². The number of hydrogen-bond acceptors (Lipinski definition) is 2. The standard InChI is InChI=1S/C14H19ClO2/c1-11(8-9-16)4-2-7-14(17)12-5-3-6-13(15)10-12/h2-6,10-11,14,16-17H,7-9H2,1H3/b4-2-/t11-,14+/m0/s1. The van der Waals surface area contributed by atoms with Gasteiger partial charge >= 0.3 is 0 Å². The largest absolute Gasteiger partial charge is 0.396 e. The molecule has 2 atom stereocenters. The van der Waals surface area contributed by atoms with Crippen LogP contribution in [0.2, 0.25) is 5.02 Å². The van der Waals surface area contributed by atoms with Crippen LogP contribution in [0.15, 0.2) is 36.4 Å². The maximum absolute atomic E-state index is 9.93. The molecule has 0 amide bonds. The van der Waals surface area contributed by atoms with E-state index in [2.05, 4.69) is 0 Å². The van der Waals surface area contributed by atoms with E-state index in [0.29, 0.717) is 17.4 Å². The minimum atomic E-state index is -0.522. The number of rotatable bonds is 6. The maximum Gasteiger partial charge on any atom is 0.0824 e. The third kappa shape index (κ3) is 5.35. The van der Waals surface area contributed by atoms with Crippen molar-refractivity contribution in [2.24, 2.45) is 5.92 Å². The van der Waals surface area contributed by atoms with Crippen molar-refractivity contribution in [1.29, 1.82) is 0 Å². The van der Waals surface area contributed by atoms with Crippen LogP contribution in [0, 0.1) is 5.92 Å². The van der Waals surface area contributed by atoms with Crippen LogP contribution in [0.5, 0.6) is 0 Å². The summed E-state index contributed by atoms with van der Waals surface area (Å²) in [6, 6.07) is 7.26. The van der Waals surface area contributed by atoms with Gasteiger partial charge in [0.1, 0.15) is 0 Å². The maximum atomic E-state index is 9.93. The van der Waals surface area contributed by atoms with E-state index in [-0.39, 0.29) is 6.61 Å². The van der Waals surface area contributed by atoms with Crippen molar-refractivity contribution in [3.05, 3.63) is 47.0 Å². The molecule has 0 aliphatic carbocycles. The Kier molecular flexibility index (Phi) is 6.27. The van der Waals surface area contributed by atoms with E-state index in [1.807, 2.05) is 31.2 Å². The van der Waals surface area contributed by atoms with Crippen molar-refractivity contribution in [2.45, 2.75) is 25.9 Å². The summed E-state index contributed by atoms with van der Waals surface area (Å²) in [6.45, 7) is 2.24. The highest BCUT2D eigenvalue weighted by molar-refractivity contribution is 6.30. The number of halogens is 1. The van der Waals surface area contributed by atoms with E-state index in [9.17, 15) is 5.11 Å². The third-order valence-corrected chi connectivity index (χ3v) is 2.88. The molecule has 0 fully saturated rings. The van der Waals surface area contributed by atoms with Crippen molar-refractivity contribution >= 4 is 11.6 Å². The Morgan fingerprint density at radius 1 is 1.41 bits per heavy atom. The van der Waals surface area contributed by atoms with Crippen molar-refractivity contribution < 1.29 is 10.2 Å². The highest BCUT2D eigenvalue weighted by atomic mass is 35.5. The molecule has 0 heterocycles. The van der Waals surface area contributed by atoms with Gasteiger partial charge in [0.25, 0.3) is 0 Å². The first-order valence-electron chi connectivity index (χ1n) is 5.84. The summed E-state index contributed by atoms with van der Waals surface area (Å²) in [4.78, 5) is 0. The monoisotopic (exact) mass is 254 g/mol. The topological polar surface area (TPSA) is 40.5 Å². The Hall–Kier alpha value is -0.830. The van der Waals surface area contributed by atoms with E-state index < -0.39 is 6.10 Å². The van der Waals surface area contributed by atoms with Crippen LogP contribution in [0.1, 0.15) is 31.4 Å². The van der Waals surface area contributed by atoms with Gasteiger partial charge in [0.15, 0.2) is 0 Å². The highest BCUT2D eigenvalue weighted by Crippen LogP contribution is 2.20. The lowest BCUT2D eigenvalue weighted by molar-refractivity contribution is 0.181. The molecule has 94 valence electrons. The zero-order valence-corrected chi connectivity index (χ0v) is 10.8. The molecule has 0 saturated heterocycles. The van der Waals surface area contributed by atoms with Crippen LogP contribution in [0.3, 0.4) is 0 Å². The summed E-state index contributed by atoms with van der Waals surface area (Å²) in [5.41, 5.74) is 0.831. The zero-order valence-electron chi connectivity index (χ0n) is 10.0. The molecule has 0 aromatic heterocycles. The van der Waals surface area contributed by atoms with Crippen LogP contribution in [0.25, 0.3) is 0 Å². The van der Waals surface area contributed by atoms with Gasteiger partial charge in [-0.1, -0.05) is 42.8 Å². The Morgan fingerprint density at radius 2 is 2.18 bits per heavy atom. The van der Waals surface area contributed by atoms with Crippen LogP contribution in [-0.2, 0) is 0 Å². The molecule has 0 saturated carbocycles. The van der Waals surface area contributed by atoms with Crippen LogP contribution in [-0.4, -0.2) is 16.8 Å². The molecule has 0 aliphatic rings. The predicted molar refractivity (Wildman–Crippen MR) is 71.0 cm³/mol. The predicted octanol–water partition coefficient (Wildman–Crippen LogP) is 3.34.